The largest absolute Gasteiger partial charge is 0.497 e. The standard InChI is InChI=1S/C16H14N2O5S/c1-20-11-5-3-10(4-6-11)14-17-18-16(23-14)24-9-13-12(7-8-22-13)15(19)21-2/h3-8H,9H2,1-2H3. The summed E-state index contributed by atoms with van der Waals surface area (Å²) in [5.74, 6) is 1.59. The summed E-state index contributed by atoms with van der Waals surface area (Å²) in [6.07, 6.45) is 1.44. The highest BCUT2D eigenvalue weighted by Gasteiger charge is 2.17. The van der Waals surface area contributed by atoms with Crippen molar-refractivity contribution in [1.29, 1.82) is 0 Å². The van der Waals surface area contributed by atoms with Gasteiger partial charge in [0.25, 0.3) is 5.22 Å². The van der Waals surface area contributed by atoms with Crippen LogP contribution in [0, 0.1) is 0 Å². The van der Waals surface area contributed by atoms with Crippen molar-refractivity contribution in [3.63, 3.8) is 0 Å². The maximum absolute atomic E-state index is 11.6. The molecular weight excluding hydrogens is 332 g/mol. The van der Waals surface area contributed by atoms with Gasteiger partial charge in [-0.3, -0.25) is 0 Å². The Hall–Kier alpha value is -2.74. The van der Waals surface area contributed by atoms with Gasteiger partial charge in [0, 0.05) is 5.56 Å². The molecule has 0 spiro atoms. The van der Waals surface area contributed by atoms with Crippen LogP contribution in [0.5, 0.6) is 5.75 Å². The Kier molecular flexibility index (Phi) is 4.85. The number of ether oxygens (including phenoxy) is 2. The van der Waals surface area contributed by atoms with E-state index in [2.05, 4.69) is 10.2 Å². The zero-order valence-electron chi connectivity index (χ0n) is 13.0. The average molecular weight is 346 g/mol. The Morgan fingerprint density at radius 3 is 2.67 bits per heavy atom. The first-order valence-corrected chi connectivity index (χ1v) is 7.95. The Bertz CT molecular complexity index is 825. The highest BCUT2D eigenvalue weighted by Crippen LogP contribution is 2.28. The summed E-state index contributed by atoms with van der Waals surface area (Å²) in [5, 5.41) is 8.38. The van der Waals surface area contributed by atoms with Crippen LogP contribution in [0.4, 0.5) is 0 Å². The summed E-state index contributed by atoms with van der Waals surface area (Å²) >= 11 is 1.28. The van der Waals surface area contributed by atoms with E-state index in [9.17, 15) is 4.79 Å². The van der Waals surface area contributed by atoms with E-state index in [0.29, 0.717) is 28.2 Å². The van der Waals surface area contributed by atoms with Gasteiger partial charge in [-0.25, -0.2) is 4.79 Å². The lowest BCUT2D eigenvalue weighted by molar-refractivity contribution is 0.0598. The molecule has 0 saturated heterocycles. The van der Waals surface area contributed by atoms with E-state index < -0.39 is 5.97 Å². The fourth-order valence-electron chi connectivity index (χ4n) is 1.99. The molecule has 24 heavy (non-hydrogen) atoms. The number of furan rings is 1. The summed E-state index contributed by atoms with van der Waals surface area (Å²) in [6.45, 7) is 0. The molecule has 0 radical (unpaired) electrons. The predicted octanol–water partition coefficient (Wildman–Crippen LogP) is 3.42. The topological polar surface area (TPSA) is 87.6 Å². The molecule has 0 unspecified atom stereocenters. The van der Waals surface area contributed by atoms with Crippen molar-refractivity contribution in [2.75, 3.05) is 14.2 Å². The second-order valence-electron chi connectivity index (χ2n) is 4.64. The summed E-state index contributed by atoms with van der Waals surface area (Å²) in [6, 6.07) is 8.87. The van der Waals surface area contributed by atoms with Gasteiger partial charge >= 0.3 is 5.97 Å². The van der Waals surface area contributed by atoms with Gasteiger partial charge in [-0.15, -0.1) is 10.2 Å². The van der Waals surface area contributed by atoms with E-state index in [-0.39, 0.29) is 0 Å². The minimum Gasteiger partial charge on any atom is -0.497 e. The van der Waals surface area contributed by atoms with Crippen LogP contribution in [0.15, 0.2) is 50.7 Å². The van der Waals surface area contributed by atoms with Gasteiger partial charge in [0.05, 0.1) is 26.2 Å². The fraction of sp³-hybridized carbons (Fsp3) is 0.188. The van der Waals surface area contributed by atoms with E-state index in [1.54, 1.807) is 13.2 Å². The summed E-state index contributed by atoms with van der Waals surface area (Å²) in [5.41, 5.74) is 1.18. The second kappa shape index (κ2) is 7.22. The van der Waals surface area contributed by atoms with E-state index in [1.807, 2.05) is 24.3 Å². The Balaban J connectivity index is 1.68. The molecule has 2 aromatic heterocycles. The molecule has 0 bridgehead atoms. The number of thioether (sulfide) groups is 1. The zero-order valence-corrected chi connectivity index (χ0v) is 13.8. The molecule has 0 N–H and O–H groups in total. The smallest absolute Gasteiger partial charge is 0.341 e. The van der Waals surface area contributed by atoms with Crippen LogP contribution in [0.2, 0.25) is 0 Å². The molecule has 0 atom stereocenters. The van der Waals surface area contributed by atoms with Gasteiger partial charge < -0.3 is 18.3 Å². The lowest BCUT2D eigenvalue weighted by Gasteiger charge is -1.99. The zero-order chi connectivity index (χ0) is 16.9. The third-order valence-corrected chi connectivity index (χ3v) is 4.04. The monoisotopic (exact) mass is 346 g/mol. The van der Waals surface area contributed by atoms with Crippen molar-refractivity contribution in [2.24, 2.45) is 0 Å². The number of carbonyl (C=O) groups is 1. The van der Waals surface area contributed by atoms with Gasteiger partial charge in [0.15, 0.2) is 0 Å². The van der Waals surface area contributed by atoms with Gasteiger partial charge in [0.2, 0.25) is 5.89 Å². The number of esters is 1. The Morgan fingerprint density at radius 2 is 1.96 bits per heavy atom. The van der Waals surface area contributed by atoms with Crippen LogP contribution >= 0.6 is 11.8 Å². The van der Waals surface area contributed by atoms with E-state index >= 15 is 0 Å². The average Bonchev–Trinajstić information content (AvgIpc) is 3.28. The summed E-state index contributed by atoms with van der Waals surface area (Å²) < 4.78 is 20.7. The molecule has 0 fully saturated rings. The molecule has 0 aliphatic rings. The third-order valence-electron chi connectivity index (χ3n) is 3.22. The summed E-state index contributed by atoms with van der Waals surface area (Å²) in [4.78, 5) is 11.6. The number of hydrogen-bond donors (Lipinski definition) is 0. The minimum atomic E-state index is -0.441. The van der Waals surface area contributed by atoms with Crippen LogP contribution in [-0.2, 0) is 10.5 Å². The van der Waals surface area contributed by atoms with Gasteiger partial charge in [-0.05, 0) is 30.3 Å². The Labute approximate surface area is 142 Å². The molecule has 3 aromatic rings. The fourth-order valence-corrected chi connectivity index (χ4v) is 2.70. The van der Waals surface area contributed by atoms with Crippen LogP contribution in [0.25, 0.3) is 11.5 Å². The molecule has 0 amide bonds. The molecule has 124 valence electrons. The predicted molar refractivity (Wildman–Crippen MR) is 85.9 cm³/mol. The van der Waals surface area contributed by atoms with Crippen LogP contribution in [0.1, 0.15) is 16.1 Å². The molecule has 3 rings (SSSR count). The third kappa shape index (κ3) is 3.43. The van der Waals surface area contributed by atoms with Gasteiger partial charge in [0.1, 0.15) is 17.1 Å². The maximum Gasteiger partial charge on any atom is 0.341 e. The number of benzene rings is 1. The number of nitrogens with zero attached hydrogens (tertiary/aromatic N) is 2. The molecule has 7 nitrogen and oxygen atoms in total. The first-order valence-electron chi connectivity index (χ1n) is 6.96. The SMILES string of the molecule is COC(=O)c1ccoc1CSc1nnc(-c2ccc(OC)cc2)o1. The number of carbonyl (C=O) groups excluding carboxylic acids is 1. The van der Waals surface area contributed by atoms with Crippen LogP contribution < -0.4 is 4.74 Å². The van der Waals surface area contributed by atoms with Crippen molar-refractivity contribution in [3.05, 3.63) is 47.9 Å². The van der Waals surface area contributed by atoms with Crippen molar-refractivity contribution < 1.29 is 23.1 Å². The summed E-state index contributed by atoms with van der Waals surface area (Å²) in [7, 11) is 2.93. The van der Waals surface area contributed by atoms with Crippen molar-refractivity contribution >= 4 is 17.7 Å². The van der Waals surface area contributed by atoms with Crippen LogP contribution in [-0.4, -0.2) is 30.4 Å². The number of methoxy groups -OCH3 is 2. The first-order chi connectivity index (χ1) is 11.7. The highest BCUT2D eigenvalue weighted by atomic mass is 32.2. The van der Waals surface area contributed by atoms with Gasteiger partial charge in [-0.1, -0.05) is 11.8 Å². The molecule has 0 aliphatic carbocycles. The quantitative estimate of drug-likeness (QED) is 0.495. The molecule has 2 heterocycles. The normalized spacial score (nSPS) is 10.6. The van der Waals surface area contributed by atoms with Crippen molar-refractivity contribution in [2.45, 2.75) is 11.0 Å². The lowest BCUT2D eigenvalue weighted by atomic mass is 10.2. The molecular formula is C16H14N2O5S. The maximum atomic E-state index is 11.6. The second-order valence-corrected chi connectivity index (χ2v) is 5.57. The van der Waals surface area contributed by atoms with Crippen molar-refractivity contribution in [1.82, 2.24) is 10.2 Å². The first kappa shape index (κ1) is 16.1. The molecule has 0 saturated carbocycles. The van der Waals surface area contributed by atoms with Gasteiger partial charge in [-0.2, -0.15) is 0 Å². The number of rotatable bonds is 6. The molecule has 1 aromatic carbocycles. The number of aromatic nitrogens is 2. The molecule has 8 heteroatoms. The highest BCUT2D eigenvalue weighted by molar-refractivity contribution is 7.98. The lowest BCUT2D eigenvalue weighted by Crippen LogP contribution is -2.02. The van der Waals surface area contributed by atoms with Crippen molar-refractivity contribution in [3.8, 4) is 17.2 Å². The molecule has 0 aliphatic heterocycles. The van der Waals surface area contributed by atoms with Crippen LogP contribution in [0.3, 0.4) is 0 Å². The minimum absolute atomic E-state index is 0.377. The van der Waals surface area contributed by atoms with E-state index in [4.69, 9.17) is 18.3 Å². The number of hydrogen-bond acceptors (Lipinski definition) is 8. The van der Waals surface area contributed by atoms with E-state index in [0.717, 1.165) is 11.3 Å². The van der Waals surface area contributed by atoms with E-state index in [1.165, 1.54) is 25.1 Å². The Morgan fingerprint density at radius 1 is 1.17 bits per heavy atom.